The highest BCUT2D eigenvalue weighted by Gasteiger charge is 2.21. The molecule has 2 aromatic rings. The summed E-state index contributed by atoms with van der Waals surface area (Å²) < 4.78 is 6.75. The molecule has 0 amide bonds. The van der Waals surface area contributed by atoms with E-state index >= 15 is 0 Å². The lowest BCUT2D eigenvalue weighted by atomic mass is 10.1. The molecule has 92 valence electrons. The van der Waals surface area contributed by atoms with E-state index in [0.29, 0.717) is 24.1 Å². The third-order valence-electron chi connectivity index (χ3n) is 2.89. The van der Waals surface area contributed by atoms with Crippen LogP contribution < -0.4 is 5.56 Å². The van der Waals surface area contributed by atoms with Crippen LogP contribution in [0, 0.1) is 0 Å². The molecule has 18 heavy (non-hydrogen) atoms. The van der Waals surface area contributed by atoms with Gasteiger partial charge in [0.25, 0.3) is 5.56 Å². The van der Waals surface area contributed by atoms with E-state index in [1.165, 1.54) is 0 Å². The monoisotopic (exact) mass is 263 g/mol. The molecule has 1 saturated heterocycles. The minimum atomic E-state index is -0.0578. The van der Waals surface area contributed by atoms with Crippen molar-refractivity contribution in [1.82, 2.24) is 14.8 Å². The Kier molecular flexibility index (Phi) is 2.85. The zero-order chi connectivity index (χ0) is 12.5. The first-order valence-electron chi connectivity index (χ1n) is 5.53. The van der Waals surface area contributed by atoms with E-state index in [4.69, 9.17) is 16.3 Å². The van der Waals surface area contributed by atoms with Gasteiger partial charge in [0.05, 0.1) is 24.9 Å². The fraction of sp³-hybridized carbons (Fsp3) is 0.250. The van der Waals surface area contributed by atoms with Crippen molar-refractivity contribution in [3.05, 3.63) is 46.0 Å². The molecule has 2 aromatic heterocycles. The molecular formula is C12H10ClN3O2. The molecule has 3 heterocycles. The van der Waals surface area contributed by atoms with Gasteiger partial charge in [0.2, 0.25) is 0 Å². The van der Waals surface area contributed by atoms with Crippen LogP contribution in [0.15, 0.2) is 35.3 Å². The lowest BCUT2D eigenvalue weighted by molar-refractivity contribution is -0.0248. The quantitative estimate of drug-likeness (QED) is 0.825. The topological polar surface area (TPSA) is 57.0 Å². The standard InChI is InChI=1S/C12H10ClN3O2/c13-11-2-1-10(14-15-11)8-3-4-16(12(17)5-8)9-6-18-7-9/h1-5,9H,6-7H2. The maximum Gasteiger partial charge on any atom is 0.251 e. The molecule has 5 nitrogen and oxygen atoms in total. The fourth-order valence-electron chi connectivity index (χ4n) is 1.80. The molecule has 0 aliphatic carbocycles. The first kappa shape index (κ1) is 11.4. The molecule has 0 atom stereocenters. The van der Waals surface area contributed by atoms with Crippen LogP contribution in [0.1, 0.15) is 6.04 Å². The Morgan fingerprint density at radius 1 is 1.28 bits per heavy atom. The van der Waals surface area contributed by atoms with Crippen molar-refractivity contribution in [1.29, 1.82) is 0 Å². The van der Waals surface area contributed by atoms with E-state index in [2.05, 4.69) is 10.2 Å². The van der Waals surface area contributed by atoms with Crippen LogP contribution in [0.5, 0.6) is 0 Å². The molecule has 1 fully saturated rings. The van der Waals surface area contributed by atoms with Crippen molar-refractivity contribution in [3.8, 4) is 11.3 Å². The van der Waals surface area contributed by atoms with Crippen LogP contribution in [0.4, 0.5) is 0 Å². The summed E-state index contributed by atoms with van der Waals surface area (Å²) in [5.41, 5.74) is 1.31. The lowest BCUT2D eigenvalue weighted by Crippen LogP contribution is -2.36. The van der Waals surface area contributed by atoms with Gasteiger partial charge in [-0.15, -0.1) is 10.2 Å². The molecule has 1 aliphatic rings. The summed E-state index contributed by atoms with van der Waals surface area (Å²) in [4.78, 5) is 11.9. The number of halogens is 1. The second kappa shape index (κ2) is 4.51. The molecular weight excluding hydrogens is 254 g/mol. The zero-order valence-corrected chi connectivity index (χ0v) is 10.2. The molecule has 1 aliphatic heterocycles. The van der Waals surface area contributed by atoms with Gasteiger partial charge in [-0.25, -0.2) is 0 Å². The Balaban J connectivity index is 1.96. The number of hydrogen-bond acceptors (Lipinski definition) is 4. The normalized spacial score (nSPS) is 15.4. The number of ether oxygens (including phenoxy) is 1. The summed E-state index contributed by atoms with van der Waals surface area (Å²) >= 11 is 5.67. The number of hydrogen-bond donors (Lipinski definition) is 0. The van der Waals surface area contributed by atoms with Crippen molar-refractivity contribution in [2.45, 2.75) is 6.04 Å². The van der Waals surface area contributed by atoms with Crippen LogP contribution >= 0.6 is 11.6 Å². The molecule has 0 unspecified atom stereocenters. The molecule has 0 bridgehead atoms. The summed E-state index contributed by atoms with van der Waals surface area (Å²) in [5.74, 6) is 0. The predicted octanol–water partition coefficient (Wildman–Crippen LogP) is 1.53. The summed E-state index contributed by atoms with van der Waals surface area (Å²) in [5, 5.41) is 8.03. The van der Waals surface area contributed by atoms with E-state index < -0.39 is 0 Å². The molecule has 3 rings (SSSR count). The Hall–Kier alpha value is -1.72. The highest BCUT2D eigenvalue weighted by atomic mass is 35.5. The molecule has 0 aromatic carbocycles. The average Bonchev–Trinajstić information content (AvgIpc) is 2.30. The first-order chi connectivity index (χ1) is 8.74. The van der Waals surface area contributed by atoms with Gasteiger partial charge in [0.1, 0.15) is 0 Å². The Bertz CT molecular complexity index is 620. The van der Waals surface area contributed by atoms with Gasteiger partial charge in [-0.05, 0) is 18.2 Å². The fourth-order valence-corrected chi connectivity index (χ4v) is 1.91. The van der Waals surface area contributed by atoms with E-state index in [1.54, 1.807) is 29.0 Å². The van der Waals surface area contributed by atoms with Crippen molar-refractivity contribution in [2.75, 3.05) is 13.2 Å². The summed E-state index contributed by atoms with van der Waals surface area (Å²) in [6.07, 6.45) is 1.77. The van der Waals surface area contributed by atoms with Crippen LogP contribution in [-0.4, -0.2) is 28.0 Å². The van der Waals surface area contributed by atoms with Gasteiger partial charge in [-0.2, -0.15) is 0 Å². The summed E-state index contributed by atoms with van der Waals surface area (Å²) in [7, 11) is 0. The van der Waals surface area contributed by atoms with Gasteiger partial charge in [0.15, 0.2) is 5.15 Å². The van der Waals surface area contributed by atoms with Gasteiger partial charge in [0, 0.05) is 17.8 Å². The van der Waals surface area contributed by atoms with Crippen LogP contribution in [0.2, 0.25) is 5.15 Å². The predicted molar refractivity (Wildman–Crippen MR) is 66.6 cm³/mol. The highest BCUT2D eigenvalue weighted by molar-refractivity contribution is 6.29. The minimum Gasteiger partial charge on any atom is -0.377 e. The maximum absolute atomic E-state index is 11.9. The lowest BCUT2D eigenvalue weighted by Gasteiger charge is -2.27. The van der Waals surface area contributed by atoms with Crippen molar-refractivity contribution < 1.29 is 4.74 Å². The zero-order valence-electron chi connectivity index (χ0n) is 9.41. The molecule has 0 spiro atoms. The Morgan fingerprint density at radius 2 is 2.11 bits per heavy atom. The number of aromatic nitrogens is 3. The number of pyridine rings is 1. The molecule has 0 N–H and O–H groups in total. The Labute approximate surface area is 108 Å². The van der Waals surface area contributed by atoms with E-state index in [0.717, 1.165) is 5.56 Å². The minimum absolute atomic E-state index is 0.0578. The molecule has 6 heteroatoms. The summed E-state index contributed by atoms with van der Waals surface area (Å²) in [6.45, 7) is 1.19. The van der Waals surface area contributed by atoms with Crippen LogP contribution in [-0.2, 0) is 4.74 Å². The SMILES string of the molecule is O=c1cc(-c2ccc(Cl)nn2)ccn1C1COC1. The highest BCUT2D eigenvalue weighted by Crippen LogP contribution is 2.18. The van der Waals surface area contributed by atoms with Crippen molar-refractivity contribution in [2.24, 2.45) is 0 Å². The smallest absolute Gasteiger partial charge is 0.251 e. The van der Waals surface area contributed by atoms with Crippen molar-refractivity contribution in [3.63, 3.8) is 0 Å². The second-order valence-corrected chi connectivity index (χ2v) is 4.48. The van der Waals surface area contributed by atoms with Gasteiger partial charge in [-0.1, -0.05) is 11.6 Å². The number of nitrogens with zero attached hydrogens (tertiary/aromatic N) is 3. The molecule has 0 radical (unpaired) electrons. The van der Waals surface area contributed by atoms with Gasteiger partial charge >= 0.3 is 0 Å². The third-order valence-corrected chi connectivity index (χ3v) is 3.09. The van der Waals surface area contributed by atoms with Crippen LogP contribution in [0.25, 0.3) is 11.3 Å². The first-order valence-corrected chi connectivity index (χ1v) is 5.91. The molecule has 0 saturated carbocycles. The van der Waals surface area contributed by atoms with Crippen LogP contribution in [0.3, 0.4) is 0 Å². The van der Waals surface area contributed by atoms with E-state index in [9.17, 15) is 4.79 Å². The van der Waals surface area contributed by atoms with Gasteiger partial charge in [-0.3, -0.25) is 4.79 Å². The van der Waals surface area contributed by atoms with Crippen molar-refractivity contribution >= 4 is 11.6 Å². The number of rotatable bonds is 2. The van der Waals surface area contributed by atoms with Gasteiger partial charge < -0.3 is 9.30 Å². The third kappa shape index (κ3) is 2.02. The Morgan fingerprint density at radius 3 is 2.67 bits per heavy atom. The van der Waals surface area contributed by atoms with E-state index in [1.807, 2.05) is 6.07 Å². The largest absolute Gasteiger partial charge is 0.377 e. The average molecular weight is 264 g/mol. The summed E-state index contributed by atoms with van der Waals surface area (Å²) in [6, 6.07) is 6.94. The maximum atomic E-state index is 11.9. The van der Waals surface area contributed by atoms with E-state index in [-0.39, 0.29) is 11.6 Å². The second-order valence-electron chi connectivity index (χ2n) is 4.09.